The Morgan fingerprint density at radius 2 is 1.39 bits per heavy atom. The summed E-state index contributed by atoms with van der Waals surface area (Å²) in [5.41, 5.74) is 1.19. The van der Waals surface area contributed by atoms with Crippen molar-refractivity contribution in [3.63, 3.8) is 0 Å². The number of pyridine rings is 2. The van der Waals surface area contributed by atoms with Gasteiger partial charge in [-0.25, -0.2) is 19.3 Å². The Bertz CT molecular complexity index is 935. The first-order chi connectivity index (χ1) is 13.7. The molecule has 28 heavy (non-hydrogen) atoms. The summed E-state index contributed by atoms with van der Waals surface area (Å²) < 4.78 is 8.50. The summed E-state index contributed by atoms with van der Waals surface area (Å²) in [7, 11) is 11.4. The van der Waals surface area contributed by atoms with Gasteiger partial charge in [0.25, 0.3) is 0 Å². The molecule has 0 saturated heterocycles. The maximum atomic E-state index is 5.07. The van der Waals surface area contributed by atoms with E-state index in [4.69, 9.17) is 24.0 Å². The van der Waals surface area contributed by atoms with E-state index in [9.17, 15) is 0 Å². The molecule has 4 heterocycles. The van der Waals surface area contributed by atoms with Crippen LogP contribution in [-0.2, 0) is 15.4 Å². The van der Waals surface area contributed by atoms with Gasteiger partial charge < -0.3 is 4.74 Å². The molecule has 4 rings (SSSR count). The van der Waals surface area contributed by atoms with E-state index in [0.29, 0.717) is 0 Å². The maximum absolute atomic E-state index is 5.07. The fourth-order valence-electron chi connectivity index (χ4n) is 2.11. The Morgan fingerprint density at radius 1 is 0.857 bits per heavy atom. The van der Waals surface area contributed by atoms with E-state index in [1.807, 2.05) is 49.6 Å². The number of aryl methyl sites for hydroxylation is 1. The van der Waals surface area contributed by atoms with Crippen LogP contribution in [0, 0.1) is 6.92 Å². The molecule has 4 aromatic rings. The van der Waals surface area contributed by atoms with E-state index in [1.54, 1.807) is 47.3 Å². The van der Waals surface area contributed by atoms with Crippen LogP contribution >= 0.6 is 19.3 Å². The quantitative estimate of drug-likeness (QED) is 0.355. The van der Waals surface area contributed by atoms with Crippen LogP contribution in [0.15, 0.2) is 73.6 Å². The predicted octanol–water partition coefficient (Wildman–Crippen LogP) is 4.23. The van der Waals surface area contributed by atoms with Crippen LogP contribution in [0.1, 0.15) is 5.56 Å². The molecular weight excluding hydrogens is 577 g/mol. The number of methoxy groups -OCH3 is 1. The molecule has 4 aromatic heterocycles. The molecule has 0 saturated carbocycles. The Labute approximate surface area is 179 Å². The fraction of sp³-hybridized carbons (Fsp3) is 0.111. The zero-order valence-electron chi connectivity index (χ0n) is 15.1. The van der Waals surface area contributed by atoms with E-state index in [1.165, 1.54) is 5.56 Å². The van der Waals surface area contributed by atoms with E-state index in [-0.39, 0.29) is 0 Å². The van der Waals surface area contributed by atoms with E-state index < -0.39 is 15.4 Å². The molecule has 0 aromatic carbocycles. The summed E-state index contributed by atoms with van der Waals surface area (Å²) in [4.78, 5) is 8.33. The van der Waals surface area contributed by atoms with Crippen molar-refractivity contribution in [2.75, 3.05) is 7.11 Å². The second kappa shape index (κ2) is 12.2. The minimum atomic E-state index is -0.639. The van der Waals surface area contributed by atoms with Gasteiger partial charge in [0, 0.05) is 43.2 Å². The Kier molecular flexibility index (Phi) is 9.63. The van der Waals surface area contributed by atoms with Crippen molar-refractivity contribution in [2.24, 2.45) is 0 Å². The number of aromatic nitrogens is 6. The van der Waals surface area contributed by atoms with Crippen LogP contribution in [0.4, 0.5) is 0 Å². The van der Waals surface area contributed by atoms with Crippen molar-refractivity contribution in [1.29, 1.82) is 0 Å². The number of hydrogen-bond acceptors (Lipinski definition) is 5. The Morgan fingerprint density at radius 3 is 1.86 bits per heavy atom. The third-order valence-corrected chi connectivity index (χ3v) is 3.33. The van der Waals surface area contributed by atoms with Crippen molar-refractivity contribution in [1.82, 2.24) is 29.5 Å². The number of ether oxygens (including phenoxy) is 1. The monoisotopic (exact) mass is 596 g/mol. The molecule has 10 heteroatoms. The van der Waals surface area contributed by atoms with Crippen LogP contribution in [-0.4, -0.2) is 36.6 Å². The molecule has 0 unspecified atom stereocenters. The number of halogens is 2. The summed E-state index contributed by atoms with van der Waals surface area (Å²) in [5.74, 6) is 2.39. The SMILES string of the molecule is COc1ccnc(-n2cccn2)c1.Cc1ccnc(-n2cccn2)c1.[Cl][Os][Cl]. The van der Waals surface area contributed by atoms with Crippen LogP contribution in [0.3, 0.4) is 0 Å². The summed E-state index contributed by atoms with van der Waals surface area (Å²) >= 11 is -0.639. The van der Waals surface area contributed by atoms with Crippen molar-refractivity contribution in [3.05, 3.63) is 79.1 Å². The predicted molar refractivity (Wildman–Crippen MR) is 106 cm³/mol. The topological polar surface area (TPSA) is 70.7 Å². The van der Waals surface area contributed by atoms with E-state index in [0.717, 1.165) is 17.4 Å². The second-order valence-electron chi connectivity index (χ2n) is 5.20. The molecule has 0 fully saturated rings. The van der Waals surface area contributed by atoms with Crippen molar-refractivity contribution < 1.29 is 20.1 Å². The van der Waals surface area contributed by atoms with Crippen LogP contribution < -0.4 is 4.74 Å². The first kappa shape index (κ1) is 22.0. The van der Waals surface area contributed by atoms with Gasteiger partial charge >= 0.3 is 34.7 Å². The van der Waals surface area contributed by atoms with Gasteiger partial charge in [0.2, 0.25) is 0 Å². The van der Waals surface area contributed by atoms with E-state index >= 15 is 0 Å². The molecule has 0 amide bonds. The molecule has 0 N–H and O–H groups in total. The van der Waals surface area contributed by atoms with Gasteiger partial charge in [-0.1, -0.05) is 0 Å². The third kappa shape index (κ3) is 7.04. The first-order valence-corrected chi connectivity index (χ1v) is 14.3. The standard InChI is InChI=1S/C9H9N3O.C9H9N3.2ClH.Os/c1-13-8-3-5-10-9(7-8)12-6-2-4-11-12;1-8-3-5-10-9(7-8)12-6-2-4-11-12;;;/h2-7H,1H3;2-7H,1H3;2*1H;/q;;;;+2/p-2. The molecule has 0 aliphatic rings. The molecule has 0 aliphatic heterocycles. The molecule has 148 valence electrons. The van der Waals surface area contributed by atoms with Crippen molar-refractivity contribution in [2.45, 2.75) is 6.92 Å². The van der Waals surface area contributed by atoms with Gasteiger partial charge in [-0.05, 0) is 42.8 Å². The summed E-state index contributed by atoms with van der Waals surface area (Å²) in [6.07, 6.45) is 10.6. The second-order valence-corrected chi connectivity index (χ2v) is 8.87. The summed E-state index contributed by atoms with van der Waals surface area (Å²) in [6.45, 7) is 2.04. The van der Waals surface area contributed by atoms with Gasteiger partial charge in [0.1, 0.15) is 5.75 Å². The fourth-order valence-corrected chi connectivity index (χ4v) is 2.11. The Balaban J connectivity index is 0.000000176. The third-order valence-electron chi connectivity index (χ3n) is 3.33. The number of hydrogen-bond donors (Lipinski definition) is 0. The van der Waals surface area contributed by atoms with Crippen molar-refractivity contribution >= 4 is 19.3 Å². The van der Waals surface area contributed by atoms with Gasteiger partial charge in [-0.3, -0.25) is 0 Å². The van der Waals surface area contributed by atoms with Gasteiger partial charge in [-0.15, -0.1) is 0 Å². The molecule has 0 aliphatic carbocycles. The van der Waals surface area contributed by atoms with Gasteiger partial charge in [-0.2, -0.15) is 10.2 Å². The molecule has 0 bridgehead atoms. The normalized spacial score (nSPS) is 9.71. The minimum absolute atomic E-state index is 0.639. The van der Waals surface area contributed by atoms with Crippen LogP contribution in [0.2, 0.25) is 0 Å². The van der Waals surface area contributed by atoms with E-state index in [2.05, 4.69) is 20.2 Å². The average molecular weight is 596 g/mol. The van der Waals surface area contributed by atoms with Gasteiger partial charge in [0.15, 0.2) is 11.6 Å². The molecule has 0 spiro atoms. The molecular formula is C18H18Cl2N6OOs. The number of nitrogens with zero attached hydrogens (tertiary/aromatic N) is 6. The van der Waals surface area contributed by atoms with Crippen LogP contribution in [0.25, 0.3) is 11.6 Å². The zero-order valence-corrected chi connectivity index (χ0v) is 19.2. The Hall–Kier alpha value is -2.26. The first-order valence-electron chi connectivity index (χ1n) is 7.96. The van der Waals surface area contributed by atoms with Crippen LogP contribution in [0.5, 0.6) is 5.75 Å². The summed E-state index contributed by atoms with van der Waals surface area (Å²) in [5, 5.41) is 8.14. The average Bonchev–Trinajstić information content (AvgIpc) is 3.43. The molecule has 0 atom stereocenters. The zero-order chi connectivity index (χ0) is 20.2. The molecule has 0 radical (unpaired) electrons. The van der Waals surface area contributed by atoms with Gasteiger partial charge in [0.05, 0.1) is 7.11 Å². The number of rotatable bonds is 3. The van der Waals surface area contributed by atoms with Crippen molar-refractivity contribution in [3.8, 4) is 17.4 Å². The molecule has 7 nitrogen and oxygen atoms in total. The summed E-state index contributed by atoms with van der Waals surface area (Å²) in [6, 6.07) is 11.3.